The maximum atomic E-state index is 12.0. The molecule has 1 aromatic heterocycles. The van der Waals surface area contributed by atoms with E-state index in [1.54, 1.807) is 12.3 Å². The Morgan fingerprint density at radius 3 is 2.44 bits per heavy atom. The summed E-state index contributed by atoms with van der Waals surface area (Å²) in [5.74, 6) is -0.0481. The molecule has 1 saturated carbocycles. The molecule has 1 aliphatic rings. The first-order chi connectivity index (χ1) is 8.75. The molecule has 1 heterocycles. The number of carbonyl (C=O) groups is 1. The normalized spacial score (nSPS) is 17.8. The van der Waals surface area contributed by atoms with Crippen LogP contribution in [0.25, 0.3) is 0 Å². The van der Waals surface area contributed by atoms with Crippen LogP contribution in [0.4, 0.5) is 0 Å². The minimum absolute atomic E-state index is 0.0481. The van der Waals surface area contributed by atoms with Crippen LogP contribution in [0.2, 0.25) is 0 Å². The number of amides is 1. The predicted octanol–water partition coefficient (Wildman–Crippen LogP) is 3.69. The van der Waals surface area contributed by atoms with Crippen molar-refractivity contribution in [2.24, 2.45) is 0 Å². The highest BCUT2D eigenvalue weighted by Crippen LogP contribution is 2.17. The van der Waals surface area contributed by atoms with Gasteiger partial charge in [0.25, 0.3) is 5.91 Å². The molecule has 0 unspecified atom stereocenters. The topological polar surface area (TPSA) is 42.0 Å². The van der Waals surface area contributed by atoms with Gasteiger partial charge in [-0.05, 0) is 40.9 Å². The summed E-state index contributed by atoms with van der Waals surface area (Å²) in [6.45, 7) is 0. The minimum atomic E-state index is -0.0481. The van der Waals surface area contributed by atoms with Crippen molar-refractivity contribution in [2.75, 3.05) is 0 Å². The van der Waals surface area contributed by atoms with Gasteiger partial charge < -0.3 is 5.32 Å². The van der Waals surface area contributed by atoms with Crippen LogP contribution in [0.1, 0.15) is 55.4 Å². The van der Waals surface area contributed by atoms with E-state index in [2.05, 4.69) is 26.2 Å². The Labute approximate surface area is 117 Å². The molecule has 0 spiro atoms. The van der Waals surface area contributed by atoms with Gasteiger partial charge in [0.05, 0.1) is 0 Å². The average molecular weight is 311 g/mol. The van der Waals surface area contributed by atoms with E-state index in [0.717, 1.165) is 17.3 Å². The fraction of sp³-hybridized carbons (Fsp3) is 0.571. The number of nitrogens with one attached hydrogen (secondary N) is 1. The van der Waals surface area contributed by atoms with Gasteiger partial charge in [0.2, 0.25) is 0 Å². The van der Waals surface area contributed by atoms with Crippen LogP contribution in [0, 0.1) is 0 Å². The number of aromatic nitrogens is 1. The zero-order valence-corrected chi connectivity index (χ0v) is 12.1. The van der Waals surface area contributed by atoms with Crippen LogP contribution in [-0.2, 0) is 0 Å². The summed E-state index contributed by atoms with van der Waals surface area (Å²) in [6.07, 6.45) is 10.2. The van der Waals surface area contributed by atoms with E-state index in [-0.39, 0.29) is 5.91 Å². The summed E-state index contributed by atoms with van der Waals surface area (Å²) in [5, 5.41) is 3.11. The van der Waals surface area contributed by atoms with Crippen LogP contribution in [0.15, 0.2) is 22.8 Å². The number of halogens is 1. The molecule has 1 aliphatic carbocycles. The first-order valence-electron chi connectivity index (χ1n) is 6.68. The monoisotopic (exact) mass is 310 g/mol. The lowest BCUT2D eigenvalue weighted by molar-refractivity contribution is 0.0925. The van der Waals surface area contributed by atoms with Crippen molar-refractivity contribution in [1.82, 2.24) is 10.3 Å². The Morgan fingerprint density at radius 1 is 1.17 bits per heavy atom. The molecule has 0 radical (unpaired) electrons. The Bertz CT molecular complexity index is 383. The minimum Gasteiger partial charge on any atom is -0.348 e. The van der Waals surface area contributed by atoms with Crippen molar-refractivity contribution in [3.05, 3.63) is 28.5 Å². The average Bonchev–Trinajstić information content (AvgIpc) is 2.33. The van der Waals surface area contributed by atoms with Crippen molar-refractivity contribution < 1.29 is 4.79 Å². The molecule has 1 amide bonds. The van der Waals surface area contributed by atoms with E-state index in [0.29, 0.717) is 11.7 Å². The third-order valence-electron chi connectivity index (χ3n) is 3.40. The third-order valence-corrected chi connectivity index (χ3v) is 3.87. The third kappa shape index (κ3) is 4.09. The van der Waals surface area contributed by atoms with Crippen LogP contribution >= 0.6 is 15.9 Å². The summed E-state index contributed by atoms with van der Waals surface area (Å²) in [7, 11) is 0. The largest absolute Gasteiger partial charge is 0.348 e. The molecule has 98 valence electrons. The number of nitrogens with zero attached hydrogens (tertiary/aromatic N) is 1. The van der Waals surface area contributed by atoms with Crippen LogP contribution in [0.3, 0.4) is 0 Å². The second kappa shape index (κ2) is 6.88. The first-order valence-corrected chi connectivity index (χ1v) is 7.47. The van der Waals surface area contributed by atoms with E-state index >= 15 is 0 Å². The van der Waals surface area contributed by atoms with Gasteiger partial charge in [-0.25, -0.2) is 4.98 Å². The summed E-state index contributed by atoms with van der Waals surface area (Å²) in [6, 6.07) is 3.92. The Balaban J connectivity index is 1.91. The molecule has 0 bridgehead atoms. The van der Waals surface area contributed by atoms with Gasteiger partial charge in [0.1, 0.15) is 5.69 Å². The van der Waals surface area contributed by atoms with E-state index in [9.17, 15) is 4.79 Å². The van der Waals surface area contributed by atoms with E-state index in [4.69, 9.17) is 0 Å². The second-order valence-electron chi connectivity index (χ2n) is 4.88. The number of carbonyl (C=O) groups excluding carboxylic acids is 1. The Morgan fingerprint density at radius 2 is 1.83 bits per heavy atom. The molecule has 2 rings (SSSR count). The molecule has 18 heavy (non-hydrogen) atoms. The highest BCUT2D eigenvalue weighted by atomic mass is 79.9. The predicted molar refractivity (Wildman–Crippen MR) is 75.5 cm³/mol. The molecule has 1 N–H and O–H groups in total. The van der Waals surface area contributed by atoms with Crippen LogP contribution in [0.5, 0.6) is 0 Å². The molecule has 1 fully saturated rings. The quantitative estimate of drug-likeness (QED) is 0.905. The molecule has 0 saturated heterocycles. The fourth-order valence-corrected chi connectivity index (χ4v) is 2.60. The SMILES string of the molecule is O=C(NC1CCCCCCC1)c1ccc(Br)cn1. The Hall–Kier alpha value is -0.900. The van der Waals surface area contributed by atoms with E-state index < -0.39 is 0 Å². The molecule has 3 nitrogen and oxygen atoms in total. The van der Waals surface area contributed by atoms with Gasteiger partial charge in [-0.2, -0.15) is 0 Å². The van der Waals surface area contributed by atoms with Gasteiger partial charge in [0, 0.05) is 16.7 Å². The lowest BCUT2D eigenvalue weighted by Crippen LogP contribution is -2.35. The van der Waals surface area contributed by atoms with E-state index in [1.165, 1.54) is 32.1 Å². The van der Waals surface area contributed by atoms with Gasteiger partial charge in [0.15, 0.2) is 0 Å². The summed E-state index contributed by atoms with van der Waals surface area (Å²) >= 11 is 3.32. The first kappa shape index (κ1) is 13.5. The number of rotatable bonds is 2. The highest BCUT2D eigenvalue weighted by molar-refractivity contribution is 9.10. The number of hydrogen-bond acceptors (Lipinski definition) is 2. The van der Waals surface area contributed by atoms with Gasteiger partial charge in [-0.1, -0.05) is 32.1 Å². The van der Waals surface area contributed by atoms with E-state index in [1.807, 2.05) is 6.07 Å². The summed E-state index contributed by atoms with van der Waals surface area (Å²) in [5.41, 5.74) is 0.500. The van der Waals surface area contributed by atoms with Crippen molar-refractivity contribution in [3.63, 3.8) is 0 Å². The maximum Gasteiger partial charge on any atom is 0.270 e. The lowest BCUT2D eigenvalue weighted by atomic mass is 9.96. The molecular weight excluding hydrogens is 292 g/mol. The molecule has 0 aromatic carbocycles. The van der Waals surface area contributed by atoms with Gasteiger partial charge in [-0.15, -0.1) is 0 Å². The Kier molecular flexibility index (Phi) is 5.17. The standard InChI is InChI=1S/C14H19BrN2O/c15-11-8-9-13(16-10-11)14(18)17-12-6-4-2-1-3-5-7-12/h8-10,12H,1-7H2,(H,17,18). The molecule has 4 heteroatoms. The zero-order valence-electron chi connectivity index (χ0n) is 10.5. The van der Waals surface area contributed by atoms with Crippen LogP contribution < -0.4 is 5.32 Å². The van der Waals surface area contributed by atoms with Crippen LogP contribution in [-0.4, -0.2) is 16.9 Å². The summed E-state index contributed by atoms with van der Waals surface area (Å²) in [4.78, 5) is 16.2. The number of hydrogen-bond donors (Lipinski definition) is 1. The van der Waals surface area contributed by atoms with Gasteiger partial charge >= 0.3 is 0 Å². The van der Waals surface area contributed by atoms with Gasteiger partial charge in [-0.3, -0.25) is 4.79 Å². The highest BCUT2D eigenvalue weighted by Gasteiger charge is 2.15. The maximum absolute atomic E-state index is 12.0. The molecule has 0 aliphatic heterocycles. The second-order valence-corrected chi connectivity index (χ2v) is 5.79. The molecule has 1 aromatic rings. The van der Waals surface area contributed by atoms with Crippen molar-refractivity contribution in [2.45, 2.75) is 51.0 Å². The van der Waals surface area contributed by atoms with Crippen molar-refractivity contribution in [1.29, 1.82) is 0 Å². The smallest absolute Gasteiger partial charge is 0.270 e. The molecular formula is C14H19BrN2O. The molecule has 0 atom stereocenters. The van der Waals surface area contributed by atoms with Crippen molar-refractivity contribution in [3.8, 4) is 0 Å². The zero-order chi connectivity index (χ0) is 12.8. The fourth-order valence-electron chi connectivity index (χ4n) is 2.37. The lowest BCUT2D eigenvalue weighted by Gasteiger charge is -2.20. The number of pyridine rings is 1. The van der Waals surface area contributed by atoms with Crippen molar-refractivity contribution >= 4 is 21.8 Å². The summed E-state index contributed by atoms with van der Waals surface area (Å²) < 4.78 is 0.894.